The maximum atomic E-state index is 13.8. The highest BCUT2D eigenvalue weighted by Crippen LogP contribution is 2.36. The number of H-pyrrole nitrogens is 1. The average Bonchev–Trinajstić information content (AvgIpc) is 3.76. The van der Waals surface area contributed by atoms with Gasteiger partial charge in [-0.3, -0.25) is 4.79 Å². The lowest BCUT2D eigenvalue weighted by Gasteiger charge is -2.28. The molecule has 6 rings (SSSR count). The van der Waals surface area contributed by atoms with E-state index in [1.807, 2.05) is 47.5 Å². The molecule has 1 aliphatic rings. The Hall–Kier alpha value is -4.21. The van der Waals surface area contributed by atoms with Crippen LogP contribution in [0.1, 0.15) is 56.1 Å². The number of rotatable bonds is 8. The van der Waals surface area contributed by atoms with E-state index in [1.165, 1.54) is 17.9 Å². The van der Waals surface area contributed by atoms with Crippen molar-refractivity contribution in [3.63, 3.8) is 0 Å². The number of halogens is 2. The summed E-state index contributed by atoms with van der Waals surface area (Å²) in [5.41, 5.74) is 11.9. The number of aromatic amines is 1. The second-order valence-corrected chi connectivity index (χ2v) is 10.9. The van der Waals surface area contributed by atoms with Gasteiger partial charge in [0.25, 0.3) is 5.91 Å². The van der Waals surface area contributed by atoms with Crippen LogP contribution in [0.3, 0.4) is 0 Å². The number of nitrogens with two attached hydrogens (primary N) is 1. The number of aromatic nitrogens is 3. The van der Waals surface area contributed by atoms with Crippen LogP contribution in [0.4, 0.5) is 10.5 Å². The summed E-state index contributed by atoms with van der Waals surface area (Å²) in [5.74, 6) is 0.549. The van der Waals surface area contributed by atoms with Crippen molar-refractivity contribution >= 4 is 64.3 Å². The Morgan fingerprint density at radius 3 is 2.52 bits per heavy atom. The fourth-order valence-corrected chi connectivity index (χ4v) is 6.08. The van der Waals surface area contributed by atoms with Gasteiger partial charge in [-0.15, -0.1) is 24.8 Å². The summed E-state index contributed by atoms with van der Waals surface area (Å²) in [6.45, 7) is 3.70. The van der Waals surface area contributed by atoms with Gasteiger partial charge in [0, 0.05) is 40.6 Å². The first kappa shape index (κ1) is 32.7. The van der Waals surface area contributed by atoms with Gasteiger partial charge in [-0.05, 0) is 43.0 Å². The second kappa shape index (κ2) is 14.1. The highest BCUT2D eigenvalue weighted by molar-refractivity contribution is 6.09. The molecule has 44 heavy (non-hydrogen) atoms. The lowest BCUT2D eigenvalue weighted by atomic mass is 10.1. The zero-order valence-electron chi connectivity index (χ0n) is 24.8. The molecule has 9 nitrogen and oxygen atoms in total. The number of amides is 2. The van der Waals surface area contributed by atoms with Crippen LogP contribution in [-0.4, -0.2) is 45.1 Å². The zero-order valence-corrected chi connectivity index (χ0v) is 26.4. The van der Waals surface area contributed by atoms with Gasteiger partial charge in [0.05, 0.1) is 30.6 Å². The Morgan fingerprint density at radius 1 is 1.07 bits per heavy atom. The Bertz CT molecular complexity index is 1750. The molecule has 0 saturated carbocycles. The van der Waals surface area contributed by atoms with Crippen LogP contribution in [-0.2, 0) is 16.1 Å². The van der Waals surface area contributed by atoms with Crippen LogP contribution < -0.4 is 11.1 Å². The molecule has 4 N–H and O–H groups in total. The summed E-state index contributed by atoms with van der Waals surface area (Å²) in [5, 5.41) is 5.11. The van der Waals surface area contributed by atoms with Gasteiger partial charge >= 0.3 is 6.09 Å². The third-order valence-electron chi connectivity index (χ3n) is 8.21. The van der Waals surface area contributed by atoms with E-state index in [0.29, 0.717) is 12.1 Å². The number of carbonyl (C=O) groups is 2. The van der Waals surface area contributed by atoms with Crippen LogP contribution in [0.15, 0.2) is 72.9 Å². The number of nitrogens with one attached hydrogen (secondary N) is 2. The molecule has 0 unspecified atom stereocenters. The molecule has 11 heteroatoms. The maximum Gasteiger partial charge on any atom is 0.407 e. The van der Waals surface area contributed by atoms with Crippen molar-refractivity contribution in [3.8, 4) is 11.3 Å². The third kappa shape index (κ3) is 6.21. The van der Waals surface area contributed by atoms with Crippen LogP contribution in [0.2, 0.25) is 0 Å². The number of anilines is 1. The molecular formula is C33H38Cl2N6O3. The fourth-order valence-electron chi connectivity index (χ4n) is 6.08. The lowest BCUT2D eigenvalue weighted by molar-refractivity contribution is -0.134. The molecule has 2 aromatic heterocycles. The summed E-state index contributed by atoms with van der Waals surface area (Å²) in [6.07, 6.45) is 5.00. The number of hydrogen-bond acceptors (Lipinski definition) is 5. The fraction of sp³-hybridized carbons (Fsp3) is 0.303. The van der Waals surface area contributed by atoms with Crippen molar-refractivity contribution in [2.75, 3.05) is 19.4 Å². The molecule has 1 fully saturated rings. The van der Waals surface area contributed by atoms with Crippen molar-refractivity contribution in [3.05, 3.63) is 84.3 Å². The van der Waals surface area contributed by atoms with E-state index in [2.05, 4.69) is 52.1 Å². The molecule has 232 valence electrons. The van der Waals surface area contributed by atoms with E-state index in [0.717, 1.165) is 66.0 Å². The summed E-state index contributed by atoms with van der Waals surface area (Å²) in [7, 11) is 1.29. The van der Waals surface area contributed by atoms with Crippen molar-refractivity contribution in [1.82, 2.24) is 24.8 Å². The number of unbranched alkanes of at least 4 members (excludes halogenated alkanes) is 1. The molecule has 0 bridgehead atoms. The van der Waals surface area contributed by atoms with E-state index in [1.54, 1.807) is 0 Å². The number of benzene rings is 3. The number of nitrogen functional groups attached to an aromatic ring is 1. The molecule has 3 aromatic carbocycles. The molecule has 2 atom stereocenters. The molecule has 1 aliphatic heterocycles. The number of alkyl carbamates (subject to hydrolysis) is 1. The Balaban J connectivity index is 0.00000221. The number of nitrogens with zero attached hydrogens (tertiary/aromatic N) is 3. The molecule has 2 amide bonds. The predicted molar refractivity (Wildman–Crippen MR) is 179 cm³/mol. The van der Waals surface area contributed by atoms with Gasteiger partial charge in [-0.25, -0.2) is 9.78 Å². The minimum Gasteiger partial charge on any atom is -0.453 e. The number of imidazole rings is 1. The van der Waals surface area contributed by atoms with Crippen molar-refractivity contribution in [1.29, 1.82) is 0 Å². The molecule has 0 spiro atoms. The van der Waals surface area contributed by atoms with Crippen molar-refractivity contribution < 1.29 is 14.3 Å². The number of fused-ring (bicyclic) bond motifs is 3. The average molecular weight is 638 g/mol. The number of aryl methyl sites for hydroxylation is 1. The number of likely N-dealkylation sites (tertiary alicyclic amines) is 1. The first-order chi connectivity index (χ1) is 20.5. The lowest BCUT2D eigenvalue weighted by Crippen LogP contribution is -2.42. The Labute approximate surface area is 269 Å². The van der Waals surface area contributed by atoms with Crippen molar-refractivity contribution in [2.24, 2.45) is 0 Å². The highest BCUT2D eigenvalue weighted by atomic mass is 35.5. The van der Waals surface area contributed by atoms with E-state index >= 15 is 0 Å². The highest BCUT2D eigenvalue weighted by Gasteiger charge is 2.37. The molecule has 5 aromatic rings. The minimum atomic E-state index is -0.852. The normalized spacial score (nSPS) is 15.0. The summed E-state index contributed by atoms with van der Waals surface area (Å²) >= 11 is 0. The van der Waals surface area contributed by atoms with Crippen LogP contribution >= 0.6 is 24.8 Å². The van der Waals surface area contributed by atoms with Gasteiger partial charge in [0.15, 0.2) is 0 Å². The van der Waals surface area contributed by atoms with Gasteiger partial charge in [-0.1, -0.05) is 61.9 Å². The quantitative estimate of drug-likeness (QED) is 0.156. The first-order valence-electron chi connectivity index (χ1n) is 14.5. The summed E-state index contributed by atoms with van der Waals surface area (Å²) in [4.78, 5) is 36.0. The monoisotopic (exact) mass is 636 g/mol. The standard InChI is InChI=1S/C33H36N6O3.2ClH/c1-3-4-16-38-28-18-22(12-14-24(28)25-15-13-23(34)19-29(25)38)26-20-35-31(36-26)27-11-8-17-39(27)32(40)30(37-33(41)42-2)21-9-6-5-7-10-21;;/h5-7,9-10,12-15,18-20,27,30H,3-4,8,11,16-17,34H2,1-2H3,(H,35,36)(H,37,41);2*1H/t27-,30+;;/m0../s1. The Kier molecular flexibility index (Phi) is 10.4. The van der Waals surface area contributed by atoms with Crippen LogP contribution in [0.5, 0.6) is 0 Å². The van der Waals surface area contributed by atoms with E-state index in [9.17, 15) is 9.59 Å². The SMILES string of the molecule is CCCCn1c2cc(N)ccc2c2ccc(-c3cnc([C@@H]4CCCN4C(=O)[C@H](NC(=O)OC)c4ccccc4)[nH]3)cc21.Cl.Cl. The summed E-state index contributed by atoms with van der Waals surface area (Å²) in [6, 6.07) is 20.8. The number of ether oxygens (including phenoxy) is 1. The largest absolute Gasteiger partial charge is 0.453 e. The molecule has 0 radical (unpaired) electrons. The van der Waals surface area contributed by atoms with E-state index < -0.39 is 12.1 Å². The second-order valence-electron chi connectivity index (χ2n) is 10.9. The summed E-state index contributed by atoms with van der Waals surface area (Å²) < 4.78 is 7.18. The van der Waals surface area contributed by atoms with Gasteiger partial charge in [-0.2, -0.15) is 0 Å². The maximum absolute atomic E-state index is 13.8. The van der Waals surface area contributed by atoms with E-state index in [4.69, 9.17) is 15.5 Å². The molecular weight excluding hydrogens is 599 g/mol. The predicted octanol–water partition coefficient (Wildman–Crippen LogP) is 7.17. The van der Waals surface area contributed by atoms with Gasteiger partial charge in [0.2, 0.25) is 0 Å². The molecule has 3 heterocycles. The first-order valence-corrected chi connectivity index (χ1v) is 14.5. The van der Waals surface area contributed by atoms with Crippen molar-refractivity contribution in [2.45, 2.75) is 51.2 Å². The molecule has 1 saturated heterocycles. The van der Waals surface area contributed by atoms with Crippen LogP contribution in [0, 0.1) is 0 Å². The number of methoxy groups -OCH3 is 1. The smallest absolute Gasteiger partial charge is 0.407 e. The zero-order chi connectivity index (χ0) is 29.2. The third-order valence-corrected chi connectivity index (χ3v) is 8.21. The van der Waals surface area contributed by atoms with Gasteiger partial charge in [0.1, 0.15) is 11.9 Å². The topological polar surface area (TPSA) is 118 Å². The van der Waals surface area contributed by atoms with Crippen LogP contribution in [0.25, 0.3) is 33.1 Å². The minimum absolute atomic E-state index is 0. The van der Waals surface area contributed by atoms with E-state index in [-0.39, 0.29) is 36.8 Å². The number of carbonyl (C=O) groups excluding carboxylic acids is 2. The molecule has 0 aliphatic carbocycles. The number of hydrogen-bond donors (Lipinski definition) is 3. The van der Waals surface area contributed by atoms with Gasteiger partial charge < -0.3 is 30.2 Å². The Morgan fingerprint density at radius 2 is 1.80 bits per heavy atom.